The highest BCUT2D eigenvalue weighted by Gasteiger charge is 2.19. The van der Waals surface area contributed by atoms with Crippen LogP contribution in [0.4, 0.5) is 4.79 Å². The molecule has 0 bridgehead atoms. The Bertz CT molecular complexity index is 714. The number of urea groups is 1. The molecule has 1 aliphatic heterocycles. The van der Waals surface area contributed by atoms with Crippen molar-refractivity contribution in [3.05, 3.63) is 51.7 Å². The van der Waals surface area contributed by atoms with E-state index in [1.54, 1.807) is 18.4 Å². The Morgan fingerprint density at radius 3 is 2.62 bits per heavy atom. The van der Waals surface area contributed by atoms with Gasteiger partial charge in [0.25, 0.3) is 0 Å². The van der Waals surface area contributed by atoms with Crippen LogP contribution in [0.3, 0.4) is 0 Å². The molecule has 2 heterocycles. The summed E-state index contributed by atoms with van der Waals surface area (Å²) in [5, 5.41) is 3.05. The molecule has 2 aromatic rings. The van der Waals surface area contributed by atoms with Crippen LogP contribution < -0.4 is 10.1 Å². The Morgan fingerprint density at radius 1 is 1.12 bits per heavy atom. The van der Waals surface area contributed by atoms with Crippen molar-refractivity contribution in [3.63, 3.8) is 0 Å². The van der Waals surface area contributed by atoms with Gasteiger partial charge in [0.1, 0.15) is 5.75 Å². The fourth-order valence-electron chi connectivity index (χ4n) is 3.18. The summed E-state index contributed by atoms with van der Waals surface area (Å²) in [6.45, 7) is 7.11. The molecule has 1 fully saturated rings. The van der Waals surface area contributed by atoms with Crippen LogP contribution in [0.1, 0.15) is 21.7 Å². The molecule has 1 N–H and O–H groups in total. The average Bonchev–Trinajstić information content (AvgIpc) is 2.93. The zero-order valence-electron chi connectivity index (χ0n) is 15.5. The Morgan fingerprint density at radius 2 is 1.92 bits per heavy atom. The minimum Gasteiger partial charge on any atom is -0.497 e. The third kappa shape index (κ3) is 5.22. The van der Waals surface area contributed by atoms with Gasteiger partial charge in [0.05, 0.1) is 13.7 Å². The van der Waals surface area contributed by atoms with Crippen LogP contribution in [-0.4, -0.2) is 49.1 Å². The van der Waals surface area contributed by atoms with Gasteiger partial charge in [-0.25, -0.2) is 4.79 Å². The van der Waals surface area contributed by atoms with Gasteiger partial charge < -0.3 is 15.0 Å². The molecule has 1 saturated heterocycles. The van der Waals surface area contributed by atoms with E-state index < -0.39 is 0 Å². The smallest absolute Gasteiger partial charge is 0.317 e. The first-order chi connectivity index (χ1) is 12.6. The van der Waals surface area contributed by atoms with Gasteiger partial charge in [-0.1, -0.05) is 12.1 Å². The Labute approximate surface area is 159 Å². The van der Waals surface area contributed by atoms with Crippen molar-refractivity contribution in [1.82, 2.24) is 15.1 Å². The number of nitrogens with one attached hydrogen (secondary N) is 1. The van der Waals surface area contributed by atoms with Gasteiger partial charge in [0, 0.05) is 42.5 Å². The van der Waals surface area contributed by atoms with E-state index in [1.807, 2.05) is 17.0 Å². The highest BCUT2D eigenvalue weighted by Crippen LogP contribution is 2.16. The third-order valence-electron chi connectivity index (χ3n) is 4.65. The molecule has 5 nitrogen and oxygen atoms in total. The molecule has 2 amide bonds. The first-order valence-corrected chi connectivity index (χ1v) is 9.89. The number of amides is 2. The zero-order valence-corrected chi connectivity index (χ0v) is 16.3. The molecule has 0 atom stereocenters. The van der Waals surface area contributed by atoms with E-state index in [0.717, 1.165) is 44.9 Å². The maximum Gasteiger partial charge on any atom is 0.317 e. The molecule has 0 saturated carbocycles. The summed E-state index contributed by atoms with van der Waals surface area (Å²) in [6.07, 6.45) is 1.00. The number of rotatable bonds is 5. The molecule has 6 heteroatoms. The number of benzene rings is 1. The van der Waals surface area contributed by atoms with Gasteiger partial charge >= 0.3 is 6.03 Å². The van der Waals surface area contributed by atoms with Crippen molar-refractivity contribution in [1.29, 1.82) is 0 Å². The molecule has 140 valence electrons. The van der Waals surface area contributed by atoms with E-state index in [2.05, 4.69) is 41.4 Å². The SMILES string of the molecule is COc1ccc(CN2CCCN(C(=O)NCc3ccc(C)s3)CC2)cc1. The molecular formula is C20H27N3O2S. The molecule has 0 radical (unpaired) electrons. The van der Waals surface area contributed by atoms with Gasteiger partial charge in [-0.15, -0.1) is 11.3 Å². The van der Waals surface area contributed by atoms with Crippen molar-refractivity contribution in [2.75, 3.05) is 33.3 Å². The highest BCUT2D eigenvalue weighted by atomic mass is 32.1. The lowest BCUT2D eigenvalue weighted by Gasteiger charge is -2.22. The predicted octanol–water partition coefficient (Wildman–Crippen LogP) is 3.48. The second kappa shape index (κ2) is 9.05. The number of hydrogen-bond acceptors (Lipinski definition) is 4. The molecule has 1 aromatic heterocycles. The van der Waals surface area contributed by atoms with Crippen molar-refractivity contribution in [2.24, 2.45) is 0 Å². The lowest BCUT2D eigenvalue weighted by atomic mass is 10.2. The first-order valence-electron chi connectivity index (χ1n) is 9.07. The van der Waals surface area contributed by atoms with Crippen molar-refractivity contribution in [3.8, 4) is 5.75 Å². The molecule has 26 heavy (non-hydrogen) atoms. The summed E-state index contributed by atoms with van der Waals surface area (Å²) in [5.41, 5.74) is 1.27. The van der Waals surface area contributed by atoms with Crippen LogP contribution in [0.15, 0.2) is 36.4 Å². The summed E-state index contributed by atoms with van der Waals surface area (Å²) in [5.74, 6) is 0.883. The second-order valence-corrected chi connectivity index (χ2v) is 8.01. The summed E-state index contributed by atoms with van der Waals surface area (Å²) >= 11 is 1.73. The fourth-order valence-corrected chi connectivity index (χ4v) is 4.01. The second-order valence-electron chi connectivity index (χ2n) is 6.64. The van der Waals surface area contributed by atoms with E-state index in [4.69, 9.17) is 4.74 Å². The third-order valence-corrected chi connectivity index (χ3v) is 5.65. The Kier molecular flexibility index (Phi) is 6.52. The topological polar surface area (TPSA) is 44.8 Å². The lowest BCUT2D eigenvalue weighted by molar-refractivity contribution is 0.197. The van der Waals surface area contributed by atoms with Crippen LogP contribution in [0.25, 0.3) is 0 Å². The van der Waals surface area contributed by atoms with E-state index in [1.165, 1.54) is 15.3 Å². The highest BCUT2D eigenvalue weighted by molar-refractivity contribution is 7.11. The molecule has 0 spiro atoms. The summed E-state index contributed by atoms with van der Waals surface area (Å²) in [7, 11) is 1.68. The normalized spacial score (nSPS) is 15.5. The summed E-state index contributed by atoms with van der Waals surface area (Å²) in [4.78, 5) is 19.3. The largest absolute Gasteiger partial charge is 0.497 e. The van der Waals surface area contributed by atoms with E-state index in [9.17, 15) is 4.79 Å². The first kappa shape index (κ1) is 18.7. The van der Waals surface area contributed by atoms with E-state index in [0.29, 0.717) is 6.54 Å². The van der Waals surface area contributed by atoms with E-state index in [-0.39, 0.29) is 6.03 Å². The molecule has 3 rings (SSSR count). The van der Waals surface area contributed by atoms with E-state index >= 15 is 0 Å². The van der Waals surface area contributed by atoms with Crippen LogP contribution >= 0.6 is 11.3 Å². The van der Waals surface area contributed by atoms with Gasteiger partial charge in [-0.05, 0) is 43.2 Å². The minimum absolute atomic E-state index is 0.0438. The van der Waals surface area contributed by atoms with Crippen molar-refractivity contribution >= 4 is 17.4 Å². The molecular weight excluding hydrogens is 346 g/mol. The van der Waals surface area contributed by atoms with Gasteiger partial charge in [0.2, 0.25) is 0 Å². The van der Waals surface area contributed by atoms with Gasteiger partial charge in [-0.2, -0.15) is 0 Å². The van der Waals surface area contributed by atoms with Gasteiger partial charge in [-0.3, -0.25) is 4.90 Å². The quantitative estimate of drug-likeness (QED) is 0.873. The summed E-state index contributed by atoms with van der Waals surface area (Å²) < 4.78 is 5.21. The number of carbonyl (C=O) groups excluding carboxylic acids is 1. The van der Waals surface area contributed by atoms with Crippen molar-refractivity contribution in [2.45, 2.75) is 26.4 Å². The molecule has 0 aliphatic carbocycles. The molecule has 0 unspecified atom stereocenters. The number of hydrogen-bond donors (Lipinski definition) is 1. The maximum atomic E-state index is 12.5. The molecule has 1 aliphatic rings. The van der Waals surface area contributed by atoms with Crippen molar-refractivity contribution < 1.29 is 9.53 Å². The number of thiophene rings is 1. The maximum absolute atomic E-state index is 12.5. The monoisotopic (exact) mass is 373 g/mol. The number of ether oxygens (including phenoxy) is 1. The van der Waals surface area contributed by atoms with Crippen LogP contribution in [-0.2, 0) is 13.1 Å². The Hall–Kier alpha value is -2.05. The fraction of sp³-hybridized carbons (Fsp3) is 0.450. The van der Waals surface area contributed by atoms with Crippen LogP contribution in [0.2, 0.25) is 0 Å². The number of nitrogens with zero attached hydrogens (tertiary/aromatic N) is 2. The number of carbonyl (C=O) groups is 1. The predicted molar refractivity (Wildman–Crippen MR) is 106 cm³/mol. The van der Waals surface area contributed by atoms with Crippen LogP contribution in [0.5, 0.6) is 5.75 Å². The lowest BCUT2D eigenvalue weighted by Crippen LogP contribution is -2.41. The zero-order chi connectivity index (χ0) is 18.4. The molecule has 1 aromatic carbocycles. The average molecular weight is 374 g/mol. The number of aryl methyl sites for hydroxylation is 1. The minimum atomic E-state index is 0.0438. The number of methoxy groups -OCH3 is 1. The summed E-state index contributed by atoms with van der Waals surface area (Å²) in [6, 6.07) is 12.4. The van der Waals surface area contributed by atoms with Crippen LogP contribution in [0, 0.1) is 6.92 Å². The standard InChI is InChI=1S/C20H27N3O2S/c1-16-4-9-19(26-16)14-21-20(24)23-11-3-10-22(12-13-23)15-17-5-7-18(25-2)8-6-17/h4-9H,3,10-15H2,1-2H3,(H,21,24). The van der Waals surface area contributed by atoms with Gasteiger partial charge in [0.15, 0.2) is 0 Å². The Balaban J connectivity index is 1.46.